The van der Waals surface area contributed by atoms with Crippen LogP contribution in [0, 0.1) is 12.8 Å². The van der Waals surface area contributed by atoms with Crippen molar-refractivity contribution in [3.63, 3.8) is 0 Å². The summed E-state index contributed by atoms with van der Waals surface area (Å²) in [6.07, 6.45) is 2.59. The molecule has 9 nitrogen and oxygen atoms in total. The maximum atomic E-state index is 12.1. The molecule has 2 N–H and O–H groups in total. The summed E-state index contributed by atoms with van der Waals surface area (Å²) in [5.41, 5.74) is 0. The number of carboxylic acid groups (broad SMARTS) is 1. The molecule has 1 amide bonds. The van der Waals surface area contributed by atoms with Gasteiger partial charge in [0, 0.05) is 39.3 Å². The van der Waals surface area contributed by atoms with Crippen molar-refractivity contribution in [3.05, 3.63) is 12.0 Å². The fraction of sp³-hybridized carbons (Fsp3) is 0.643. The summed E-state index contributed by atoms with van der Waals surface area (Å²) in [6, 6.07) is 0. The summed E-state index contributed by atoms with van der Waals surface area (Å²) in [4.78, 5) is 28.6. The molecule has 0 spiro atoms. The third-order valence-corrected chi connectivity index (χ3v) is 5.45. The number of aliphatic carboxylic acids is 1. The lowest BCUT2D eigenvalue weighted by molar-refractivity contribution is -0.145. The Morgan fingerprint density at radius 2 is 2.17 bits per heavy atom. The Morgan fingerprint density at radius 1 is 1.46 bits per heavy atom. The molecule has 1 aromatic rings. The van der Waals surface area contributed by atoms with Crippen LogP contribution in [0.1, 0.15) is 25.1 Å². The molecule has 1 saturated heterocycles. The molecule has 1 aliphatic heterocycles. The highest BCUT2D eigenvalue weighted by Gasteiger charge is 2.28. The molecule has 0 radical (unpaired) electrons. The van der Waals surface area contributed by atoms with E-state index in [1.165, 1.54) is 11.1 Å². The molecule has 24 heavy (non-hydrogen) atoms. The average Bonchev–Trinajstić information content (AvgIpc) is 2.87. The van der Waals surface area contributed by atoms with E-state index in [2.05, 4.69) is 9.71 Å². The fourth-order valence-electron chi connectivity index (χ4n) is 2.59. The zero-order valence-electron chi connectivity index (χ0n) is 13.7. The van der Waals surface area contributed by atoms with Crippen LogP contribution >= 0.6 is 0 Å². The molecule has 1 aromatic heterocycles. The van der Waals surface area contributed by atoms with Crippen molar-refractivity contribution in [1.82, 2.24) is 19.2 Å². The van der Waals surface area contributed by atoms with Crippen LogP contribution in [0.3, 0.4) is 0 Å². The first-order chi connectivity index (χ1) is 11.2. The predicted octanol–water partition coefficient (Wildman–Crippen LogP) is -0.280. The van der Waals surface area contributed by atoms with Crippen LogP contribution in [-0.4, -0.2) is 59.5 Å². The third kappa shape index (κ3) is 4.32. The highest BCUT2D eigenvalue weighted by atomic mass is 32.2. The standard InChI is InChI=1S/C14H22N4O5S/c1-10-16-12(9-17(10)2)24(22,23)15-6-5-13(19)18-7-3-4-11(8-18)14(20)21/h9,11,15H,3-8H2,1-2H3,(H,20,21). The number of imidazole rings is 1. The molecule has 134 valence electrons. The summed E-state index contributed by atoms with van der Waals surface area (Å²) in [5, 5.41) is 8.95. The van der Waals surface area contributed by atoms with E-state index in [9.17, 15) is 18.0 Å². The molecule has 2 heterocycles. The number of hydrogen-bond donors (Lipinski definition) is 2. The normalized spacial score (nSPS) is 18.6. The number of carbonyl (C=O) groups is 2. The zero-order chi connectivity index (χ0) is 17.9. The quantitative estimate of drug-likeness (QED) is 0.721. The number of rotatable bonds is 6. The molecule has 1 aliphatic rings. The van der Waals surface area contributed by atoms with Crippen molar-refractivity contribution in [2.75, 3.05) is 19.6 Å². The number of carboxylic acids is 1. The van der Waals surface area contributed by atoms with E-state index >= 15 is 0 Å². The fourth-order valence-corrected chi connectivity index (χ4v) is 3.65. The Labute approximate surface area is 140 Å². The van der Waals surface area contributed by atoms with Gasteiger partial charge in [-0.3, -0.25) is 9.59 Å². The molecule has 0 aliphatic carbocycles. The second-order valence-corrected chi connectivity index (χ2v) is 7.62. The Hall–Kier alpha value is -1.94. The van der Waals surface area contributed by atoms with Crippen LogP contribution in [0.15, 0.2) is 11.2 Å². The van der Waals surface area contributed by atoms with Gasteiger partial charge in [0.1, 0.15) is 5.82 Å². The number of aryl methyl sites for hydroxylation is 2. The number of carbonyl (C=O) groups excluding carboxylic acids is 1. The van der Waals surface area contributed by atoms with Crippen molar-refractivity contribution in [3.8, 4) is 0 Å². The highest BCUT2D eigenvalue weighted by molar-refractivity contribution is 7.89. The molecule has 1 atom stereocenters. The van der Waals surface area contributed by atoms with E-state index < -0.39 is 21.9 Å². The van der Waals surface area contributed by atoms with Gasteiger partial charge >= 0.3 is 5.97 Å². The van der Waals surface area contributed by atoms with Crippen molar-refractivity contribution in [1.29, 1.82) is 0 Å². The van der Waals surface area contributed by atoms with Crippen molar-refractivity contribution in [2.24, 2.45) is 13.0 Å². The number of nitrogens with one attached hydrogen (secondary N) is 1. The number of nitrogens with zero attached hydrogens (tertiary/aromatic N) is 3. The minimum Gasteiger partial charge on any atom is -0.481 e. The van der Waals surface area contributed by atoms with E-state index in [-0.39, 0.29) is 30.4 Å². The van der Waals surface area contributed by atoms with Crippen LogP contribution < -0.4 is 4.72 Å². The van der Waals surface area contributed by atoms with Crippen molar-refractivity contribution < 1.29 is 23.1 Å². The van der Waals surface area contributed by atoms with E-state index in [1.54, 1.807) is 18.5 Å². The maximum absolute atomic E-state index is 12.1. The van der Waals surface area contributed by atoms with Crippen molar-refractivity contribution in [2.45, 2.75) is 31.2 Å². The van der Waals surface area contributed by atoms with Gasteiger partial charge in [0.15, 0.2) is 5.03 Å². The first-order valence-corrected chi connectivity index (χ1v) is 9.19. The number of likely N-dealkylation sites (tertiary alicyclic amines) is 1. The van der Waals surface area contributed by atoms with Crippen LogP contribution in [0.5, 0.6) is 0 Å². The van der Waals surface area contributed by atoms with Gasteiger partial charge in [-0.2, -0.15) is 0 Å². The lowest BCUT2D eigenvalue weighted by atomic mass is 9.98. The van der Waals surface area contributed by atoms with Crippen LogP contribution in [0.2, 0.25) is 0 Å². The number of amides is 1. The highest BCUT2D eigenvalue weighted by Crippen LogP contribution is 2.17. The SMILES string of the molecule is Cc1nc(S(=O)(=O)NCCC(=O)N2CCCC(C(=O)O)C2)cn1C. The molecular weight excluding hydrogens is 336 g/mol. The molecule has 1 unspecified atom stereocenters. The summed E-state index contributed by atoms with van der Waals surface area (Å²) in [7, 11) is -2.06. The summed E-state index contributed by atoms with van der Waals surface area (Å²) < 4.78 is 28.2. The number of piperidine rings is 1. The molecule has 10 heteroatoms. The van der Waals surface area contributed by atoms with Gasteiger partial charge in [-0.25, -0.2) is 18.1 Å². The van der Waals surface area contributed by atoms with Gasteiger partial charge in [0.2, 0.25) is 5.91 Å². The number of aromatic nitrogens is 2. The summed E-state index contributed by atoms with van der Waals surface area (Å²) in [6.45, 7) is 2.33. The molecule has 0 bridgehead atoms. The minimum absolute atomic E-state index is 0.0165. The summed E-state index contributed by atoms with van der Waals surface area (Å²) >= 11 is 0. The first kappa shape index (κ1) is 18.4. The van der Waals surface area contributed by atoms with Crippen molar-refractivity contribution >= 4 is 21.9 Å². The number of sulfonamides is 1. The molecule has 2 rings (SSSR count). The molecular formula is C14H22N4O5S. The lowest BCUT2D eigenvalue weighted by Gasteiger charge is -2.30. The van der Waals surface area contributed by atoms with E-state index in [4.69, 9.17) is 5.11 Å². The third-order valence-electron chi connectivity index (χ3n) is 4.12. The predicted molar refractivity (Wildman–Crippen MR) is 84.7 cm³/mol. The van der Waals surface area contributed by atoms with Gasteiger partial charge in [0.25, 0.3) is 10.0 Å². The summed E-state index contributed by atoms with van der Waals surface area (Å²) in [5.74, 6) is -1.13. The van der Waals surface area contributed by atoms with Gasteiger partial charge < -0.3 is 14.6 Å². The Morgan fingerprint density at radius 3 is 2.75 bits per heavy atom. The second-order valence-electron chi connectivity index (χ2n) is 5.90. The van der Waals surface area contributed by atoms with Gasteiger partial charge in [-0.15, -0.1) is 0 Å². The van der Waals surface area contributed by atoms with Crippen LogP contribution in [0.4, 0.5) is 0 Å². The van der Waals surface area contributed by atoms with Crippen LogP contribution in [0.25, 0.3) is 0 Å². The maximum Gasteiger partial charge on any atom is 0.308 e. The Bertz CT molecular complexity index is 708. The van der Waals surface area contributed by atoms with E-state index in [0.717, 1.165) is 0 Å². The zero-order valence-corrected chi connectivity index (χ0v) is 14.5. The smallest absolute Gasteiger partial charge is 0.308 e. The van der Waals surface area contributed by atoms with Gasteiger partial charge in [-0.1, -0.05) is 0 Å². The van der Waals surface area contributed by atoms with E-state index in [0.29, 0.717) is 25.2 Å². The number of hydrogen-bond acceptors (Lipinski definition) is 5. The van der Waals surface area contributed by atoms with Crippen LogP contribution in [-0.2, 0) is 26.7 Å². The Balaban J connectivity index is 1.87. The van der Waals surface area contributed by atoms with Gasteiger partial charge in [0.05, 0.1) is 5.92 Å². The van der Waals surface area contributed by atoms with E-state index in [1.807, 2.05) is 0 Å². The monoisotopic (exact) mass is 358 g/mol. The molecule has 0 aromatic carbocycles. The molecule has 0 saturated carbocycles. The molecule has 1 fully saturated rings. The average molecular weight is 358 g/mol. The largest absolute Gasteiger partial charge is 0.481 e. The topological polar surface area (TPSA) is 122 Å². The van der Waals surface area contributed by atoms with Gasteiger partial charge in [-0.05, 0) is 19.8 Å². The Kier molecular flexibility index (Phi) is 5.60. The first-order valence-electron chi connectivity index (χ1n) is 7.71. The lowest BCUT2D eigenvalue weighted by Crippen LogP contribution is -2.43. The second kappa shape index (κ2) is 7.31. The minimum atomic E-state index is -3.76.